The number of morpholine rings is 1. The molecule has 1 N–H and O–H groups in total. The van der Waals surface area contributed by atoms with E-state index in [-0.39, 0.29) is 36.8 Å². The first-order chi connectivity index (χ1) is 13.0. The third-order valence-electron chi connectivity index (χ3n) is 5.36. The lowest BCUT2D eigenvalue weighted by atomic mass is 10.1. The molecule has 0 spiro atoms. The number of carbonyl (C=O) groups excluding carboxylic acids is 2. The predicted octanol–water partition coefficient (Wildman–Crippen LogP) is 0.465. The molecule has 27 heavy (non-hydrogen) atoms. The number of nitrogens with zero attached hydrogens (tertiary/aromatic N) is 2. The molecule has 1 aromatic rings. The normalized spacial score (nSPS) is 26.5. The van der Waals surface area contributed by atoms with Crippen molar-refractivity contribution in [2.75, 3.05) is 40.6 Å². The van der Waals surface area contributed by atoms with E-state index in [1.165, 1.54) is 0 Å². The van der Waals surface area contributed by atoms with Crippen molar-refractivity contribution in [3.05, 3.63) is 23.8 Å². The molecule has 3 heterocycles. The fourth-order valence-electron chi connectivity index (χ4n) is 3.85. The van der Waals surface area contributed by atoms with Crippen LogP contribution in [-0.2, 0) is 9.53 Å². The average molecular weight is 375 g/mol. The van der Waals surface area contributed by atoms with E-state index in [0.29, 0.717) is 30.1 Å². The van der Waals surface area contributed by atoms with E-state index >= 15 is 0 Å². The zero-order valence-electron chi connectivity index (χ0n) is 15.6. The van der Waals surface area contributed by atoms with Crippen molar-refractivity contribution in [2.45, 2.75) is 31.0 Å². The van der Waals surface area contributed by atoms with Crippen molar-refractivity contribution in [3.63, 3.8) is 0 Å². The summed E-state index contributed by atoms with van der Waals surface area (Å²) in [6, 6.07) is 5.58. The highest BCUT2D eigenvalue weighted by molar-refractivity contribution is 5.95. The second-order valence-electron chi connectivity index (χ2n) is 7.53. The van der Waals surface area contributed by atoms with Crippen LogP contribution in [0, 0.1) is 0 Å². The van der Waals surface area contributed by atoms with Gasteiger partial charge < -0.3 is 24.4 Å². The minimum atomic E-state index is -0.113. The van der Waals surface area contributed by atoms with Crippen LogP contribution in [0.25, 0.3) is 0 Å². The maximum Gasteiger partial charge on any atom is 0.251 e. The van der Waals surface area contributed by atoms with Crippen LogP contribution in [0.5, 0.6) is 11.5 Å². The summed E-state index contributed by atoms with van der Waals surface area (Å²) in [5.41, 5.74) is 0.565. The van der Waals surface area contributed by atoms with Crippen molar-refractivity contribution in [1.29, 1.82) is 0 Å². The first kappa shape index (κ1) is 18.1. The van der Waals surface area contributed by atoms with Gasteiger partial charge in [-0.15, -0.1) is 0 Å². The summed E-state index contributed by atoms with van der Waals surface area (Å²) in [6.45, 7) is 2.29. The Bertz CT molecular complexity index is 738. The highest BCUT2D eigenvalue weighted by Gasteiger charge is 2.38. The summed E-state index contributed by atoms with van der Waals surface area (Å²) in [6.07, 6.45) is 1.16. The number of hydrogen-bond donors (Lipinski definition) is 1. The number of benzene rings is 1. The minimum Gasteiger partial charge on any atom is -0.454 e. The Balaban J connectivity index is 1.32. The van der Waals surface area contributed by atoms with Crippen LogP contribution in [-0.4, -0.2) is 80.4 Å². The quantitative estimate of drug-likeness (QED) is 0.824. The molecular weight excluding hydrogens is 350 g/mol. The molecule has 0 aromatic heterocycles. The van der Waals surface area contributed by atoms with Gasteiger partial charge in [-0.1, -0.05) is 0 Å². The second-order valence-corrected chi connectivity index (χ2v) is 7.53. The summed E-state index contributed by atoms with van der Waals surface area (Å²) >= 11 is 0. The molecule has 0 unspecified atom stereocenters. The van der Waals surface area contributed by atoms with Gasteiger partial charge in [0.2, 0.25) is 12.7 Å². The lowest BCUT2D eigenvalue weighted by molar-refractivity contribution is -0.134. The molecule has 0 radical (unpaired) electrons. The van der Waals surface area contributed by atoms with Crippen LogP contribution < -0.4 is 14.8 Å². The van der Waals surface area contributed by atoms with Crippen LogP contribution in [0.3, 0.4) is 0 Å². The molecule has 3 aliphatic rings. The third-order valence-corrected chi connectivity index (χ3v) is 5.36. The molecule has 3 aliphatic heterocycles. The first-order valence-electron chi connectivity index (χ1n) is 9.26. The Morgan fingerprint density at radius 1 is 1.22 bits per heavy atom. The molecule has 8 heteroatoms. The maximum atomic E-state index is 12.6. The number of amides is 2. The van der Waals surface area contributed by atoms with Gasteiger partial charge in [-0.2, -0.15) is 0 Å². The SMILES string of the molecule is CN(C)C(=O)C[C@H]1CN2C[C@@H](NC(=O)c3ccc4c(c3)OCO4)C[C@H]2CO1. The minimum absolute atomic E-state index is 0.0693. The van der Waals surface area contributed by atoms with E-state index in [0.717, 1.165) is 19.5 Å². The predicted molar refractivity (Wildman–Crippen MR) is 96.8 cm³/mol. The topological polar surface area (TPSA) is 80.3 Å². The molecule has 146 valence electrons. The van der Waals surface area contributed by atoms with Crippen LogP contribution in [0.2, 0.25) is 0 Å². The third kappa shape index (κ3) is 3.86. The van der Waals surface area contributed by atoms with E-state index in [2.05, 4.69) is 10.2 Å². The molecule has 0 saturated carbocycles. The Morgan fingerprint density at radius 2 is 2.04 bits per heavy atom. The molecule has 8 nitrogen and oxygen atoms in total. The second kappa shape index (κ2) is 7.36. The van der Waals surface area contributed by atoms with Crippen LogP contribution in [0.15, 0.2) is 18.2 Å². The summed E-state index contributed by atoms with van der Waals surface area (Å²) in [7, 11) is 3.51. The number of fused-ring (bicyclic) bond motifs is 2. The van der Waals surface area contributed by atoms with Crippen molar-refractivity contribution >= 4 is 11.8 Å². The van der Waals surface area contributed by atoms with Gasteiger partial charge in [-0.05, 0) is 24.6 Å². The molecule has 0 aliphatic carbocycles. The van der Waals surface area contributed by atoms with Crippen LogP contribution >= 0.6 is 0 Å². The van der Waals surface area contributed by atoms with Gasteiger partial charge in [0.15, 0.2) is 11.5 Å². The average Bonchev–Trinajstić information content (AvgIpc) is 3.26. The smallest absolute Gasteiger partial charge is 0.251 e. The summed E-state index contributed by atoms with van der Waals surface area (Å²) in [5.74, 6) is 1.23. The highest BCUT2D eigenvalue weighted by Crippen LogP contribution is 2.32. The maximum absolute atomic E-state index is 12.6. The largest absolute Gasteiger partial charge is 0.454 e. The number of rotatable bonds is 4. The lowest BCUT2D eigenvalue weighted by Gasteiger charge is -2.35. The van der Waals surface area contributed by atoms with E-state index in [1.54, 1.807) is 37.2 Å². The molecule has 0 bridgehead atoms. The van der Waals surface area contributed by atoms with Crippen molar-refractivity contribution < 1.29 is 23.8 Å². The van der Waals surface area contributed by atoms with E-state index < -0.39 is 0 Å². The van der Waals surface area contributed by atoms with Crippen molar-refractivity contribution in [3.8, 4) is 11.5 Å². The molecule has 2 saturated heterocycles. The number of nitrogens with one attached hydrogen (secondary N) is 1. The molecule has 2 amide bonds. The Kier molecular flexibility index (Phi) is 4.92. The van der Waals surface area contributed by atoms with Gasteiger partial charge in [-0.25, -0.2) is 0 Å². The zero-order valence-corrected chi connectivity index (χ0v) is 15.6. The lowest BCUT2D eigenvalue weighted by Crippen LogP contribution is -2.47. The number of carbonyl (C=O) groups is 2. The van der Waals surface area contributed by atoms with Gasteiger partial charge in [-0.3, -0.25) is 14.5 Å². The van der Waals surface area contributed by atoms with Gasteiger partial charge in [0.1, 0.15) is 0 Å². The Hall–Kier alpha value is -2.32. The van der Waals surface area contributed by atoms with E-state index in [9.17, 15) is 9.59 Å². The van der Waals surface area contributed by atoms with Crippen molar-refractivity contribution in [1.82, 2.24) is 15.1 Å². The fourth-order valence-corrected chi connectivity index (χ4v) is 3.85. The van der Waals surface area contributed by atoms with Gasteiger partial charge in [0, 0.05) is 44.8 Å². The van der Waals surface area contributed by atoms with Gasteiger partial charge in [0.05, 0.1) is 19.1 Å². The molecule has 1 aromatic carbocycles. The molecule has 2 fully saturated rings. The monoisotopic (exact) mass is 375 g/mol. The fraction of sp³-hybridized carbons (Fsp3) is 0.579. The molecule has 4 rings (SSSR count). The van der Waals surface area contributed by atoms with Crippen LogP contribution in [0.4, 0.5) is 0 Å². The molecular formula is C19H25N3O5. The molecule has 3 atom stereocenters. The Morgan fingerprint density at radius 3 is 2.85 bits per heavy atom. The van der Waals surface area contributed by atoms with Gasteiger partial charge >= 0.3 is 0 Å². The van der Waals surface area contributed by atoms with E-state index in [4.69, 9.17) is 14.2 Å². The number of hydrogen-bond acceptors (Lipinski definition) is 6. The van der Waals surface area contributed by atoms with Crippen LogP contribution in [0.1, 0.15) is 23.2 Å². The van der Waals surface area contributed by atoms with Gasteiger partial charge in [0.25, 0.3) is 5.91 Å². The standard InChI is InChI=1S/C19H25N3O5/c1-21(2)18(23)7-15-9-22-8-13(6-14(22)10-25-15)20-19(24)12-3-4-16-17(5-12)27-11-26-16/h3-5,13-15H,6-11H2,1-2H3,(H,20,24)/t13-,14-,15-/m0/s1. The first-order valence-corrected chi connectivity index (χ1v) is 9.26. The van der Waals surface area contributed by atoms with Crippen molar-refractivity contribution in [2.24, 2.45) is 0 Å². The summed E-state index contributed by atoms with van der Waals surface area (Å²) in [5, 5.41) is 3.11. The Labute approximate surface area is 158 Å². The zero-order chi connectivity index (χ0) is 19.0. The highest BCUT2D eigenvalue weighted by atomic mass is 16.7. The summed E-state index contributed by atoms with van der Waals surface area (Å²) in [4.78, 5) is 28.4. The number of ether oxygens (including phenoxy) is 3. The van der Waals surface area contributed by atoms with E-state index in [1.807, 2.05) is 0 Å². The summed E-state index contributed by atoms with van der Waals surface area (Å²) < 4.78 is 16.5.